The molecule has 178 valence electrons. The standard InChI is InChI=1S/C25H26N8O2/c1-35-25(34)32-9-6-20(7-10-32)28-14-19(13-26)23-16-30-24-29-15-21(33(24)31-23)12-17-4-5-22-18(11-17)3-2-8-27-22/h2-5,8,11,13-16,20H,6-7,9-10,12,26H2,1H3. The van der Waals surface area contributed by atoms with Gasteiger partial charge in [-0.1, -0.05) is 12.1 Å². The van der Waals surface area contributed by atoms with Crippen LogP contribution in [-0.4, -0.2) is 68.0 Å². The number of fused-ring (bicyclic) bond motifs is 2. The monoisotopic (exact) mass is 470 g/mol. The van der Waals surface area contributed by atoms with Gasteiger partial charge in [0.05, 0.1) is 36.8 Å². The number of carbonyl (C=O) groups is 1. The van der Waals surface area contributed by atoms with E-state index in [0.717, 1.165) is 35.0 Å². The Kier molecular flexibility index (Phi) is 6.34. The van der Waals surface area contributed by atoms with Gasteiger partial charge in [0.25, 0.3) is 5.78 Å². The summed E-state index contributed by atoms with van der Waals surface area (Å²) in [6, 6.07) is 10.3. The highest BCUT2D eigenvalue weighted by Gasteiger charge is 2.22. The van der Waals surface area contributed by atoms with Crippen LogP contribution < -0.4 is 5.73 Å². The highest BCUT2D eigenvalue weighted by Crippen LogP contribution is 2.18. The van der Waals surface area contributed by atoms with Crippen LogP contribution in [0.4, 0.5) is 4.79 Å². The van der Waals surface area contributed by atoms with Gasteiger partial charge in [0.2, 0.25) is 0 Å². The number of allylic oxidation sites excluding steroid dienone is 1. The average molecular weight is 471 g/mol. The highest BCUT2D eigenvalue weighted by atomic mass is 16.5. The van der Waals surface area contributed by atoms with Crippen LogP contribution in [0.1, 0.15) is 29.8 Å². The second-order valence-corrected chi connectivity index (χ2v) is 8.40. The fourth-order valence-corrected chi connectivity index (χ4v) is 4.22. The Morgan fingerprint density at radius 1 is 1.20 bits per heavy atom. The van der Waals surface area contributed by atoms with E-state index in [4.69, 9.17) is 15.6 Å². The van der Waals surface area contributed by atoms with Crippen molar-refractivity contribution in [1.29, 1.82) is 0 Å². The lowest BCUT2D eigenvalue weighted by atomic mass is 10.1. The summed E-state index contributed by atoms with van der Waals surface area (Å²) in [5.74, 6) is 0.523. The number of imidazole rings is 1. The largest absolute Gasteiger partial charge is 0.453 e. The maximum Gasteiger partial charge on any atom is 0.409 e. The minimum Gasteiger partial charge on any atom is -0.453 e. The Hall–Kier alpha value is -4.34. The van der Waals surface area contributed by atoms with E-state index in [0.29, 0.717) is 36.6 Å². The number of ether oxygens (including phenoxy) is 1. The molecule has 4 heterocycles. The third-order valence-corrected chi connectivity index (χ3v) is 6.15. The molecule has 0 unspecified atom stereocenters. The predicted molar refractivity (Wildman–Crippen MR) is 133 cm³/mol. The van der Waals surface area contributed by atoms with Crippen molar-refractivity contribution < 1.29 is 9.53 Å². The van der Waals surface area contributed by atoms with Crippen molar-refractivity contribution in [1.82, 2.24) is 29.5 Å². The zero-order valence-electron chi connectivity index (χ0n) is 19.4. The Bertz CT molecular complexity index is 1420. The van der Waals surface area contributed by atoms with Crippen LogP contribution in [0.15, 0.2) is 60.1 Å². The molecular formula is C25H26N8O2. The average Bonchev–Trinajstić information content (AvgIpc) is 3.30. The van der Waals surface area contributed by atoms with Gasteiger partial charge >= 0.3 is 6.09 Å². The molecule has 0 spiro atoms. The second kappa shape index (κ2) is 9.88. The molecule has 2 N–H and O–H groups in total. The van der Waals surface area contributed by atoms with Crippen LogP contribution in [0.25, 0.3) is 22.3 Å². The number of nitrogens with two attached hydrogens (primary N) is 1. The first-order valence-corrected chi connectivity index (χ1v) is 11.5. The predicted octanol–water partition coefficient (Wildman–Crippen LogP) is 2.86. The first-order chi connectivity index (χ1) is 17.1. The van der Waals surface area contributed by atoms with Crippen LogP contribution in [-0.2, 0) is 11.2 Å². The number of nitrogens with zero attached hydrogens (tertiary/aromatic N) is 7. The van der Waals surface area contributed by atoms with Crippen LogP contribution in [0.3, 0.4) is 0 Å². The molecule has 10 nitrogen and oxygen atoms in total. The Morgan fingerprint density at radius 2 is 2.03 bits per heavy atom. The molecule has 3 aromatic heterocycles. The molecule has 10 heteroatoms. The number of aromatic nitrogens is 5. The summed E-state index contributed by atoms with van der Waals surface area (Å²) in [4.78, 5) is 31.3. The van der Waals surface area contributed by atoms with Gasteiger partial charge < -0.3 is 15.4 Å². The number of pyridine rings is 1. The van der Waals surface area contributed by atoms with Gasteiger partial charge in [-0.05, 0) is 36.6 Å². The van der Waals surface area contributed by atoms with Crippen LogP contribution in [0.2, 0.25) is 0 Å². The van der Waals surface area contributed by atoms with Gasteiger partial charge in [0.15, 0.2) is 0 Å². The van der Waals surface area contributed by atoms with Gasteiger partial charge in [0, 0.05) is 49.1 Å². The quantitative estimate of drug-likeness (QED) is 0.445. The molecule has 1 aliphatic heterocycles. The number of hydrogen-bond donors (Lipinski definition) is 1. The lowest BCUT2D eigenvalue weighted by Crippen LogP contribution is -2.39. The summed E-state index contributed by atoms with van der Waals surface area (Å²) in [5.41, 5.74) is 10.2. The molecule has 1 fully saturated rings. The van der Waals surface area contributed by atoms with E-state index >= 15 is 0 Å². The number of hydrogen-bond acceptors (Lipinski definition) is 8. The first kappa shape index (κ1) is 22.5. The zero-order valence-corrected chi connectivity index (χ0v) is 19.4. The smallest absolute Gasteiger partial charge is 0.409 e. The van der Waals surface area contributed by atoms with Crippen LogP contribution in [0, 0.1) is 0 Å². The van der Waals surface area contributed by atoms with Gasteiger partial charge in [0.1, 0.15) is 5.69 Å². The van der Waals surface area contributed by atoms with Crippen molar-refractivity contribution in [2.75, 3.05) is 20.2 Å². The van der Waals surface area contributed by atoms with E-state index in [9.17, 15) is 4.79 Å². The number of aliphatic imine (C=N–C) groups is 1. The molecule has 1 aliphatic rings. The molecule has 1 aromatic carbocycles. The molecule has 4 aromatic rings. The molecule has 1 saturated heterocycles. The number of amides is 1. The van der Waals surface area contributed by atoms with Crippen molar-refractivity contribution in [2.24, 2.45) is 10.7 Å². The van der Waals surface area contributed by atoms with Crippen LogP contribution in [0.5, 0.6) is 0 Å². The molecule has 0 atom stereocenters. The van der Waals surface area contributed by atoms with Crippen molar-refractivity contribution >= 4 is 34.6 Å². The molecule has 1 amide bonds. The van der Waals surface area contributed by atoms with Crippen molar-refractivity contribution in [2.45, 2.75) is 25.3 Å². The van der Waals surface area contributed by atoms with Crippen molar-refractivity contribution in [3.05, 3.63) is 72.1 Å². The van der Waals surface area contributed by atoms with Gasteiger partial charge in [-0.2, -0.15) is 5.10 Å². The molecule has 0 bridgehead atoms. The normalized spacial score (nSPS) is 15.3. The number of methoxy groups -OCH3 is 1. The maximum absolute atomic E-state index is 11.7. The van der Waals surface area contributed by atoms with E-state index < -0.39 is 0 Å². The Labute approximate surface area is 202 Å². The second-order valence-electron chi connectivity index (χ2n) is 8.40. The van der Waals surface area contributed by atoms with E-state index in [2.05, 4.69) is 38.1 Å². The van der Waals surface area contributed by atoms with Gasteiger partial charge in [-0.25, -0.2) is 19.3 Å². The zero-order chi connectivity index (χ0) is 24.2. The van der Waals surface area contributed by atoms with Crippen molar-refractivity contribution in [3.8, 4) is 0 Å². The molecule has 0 aliphatic carbocycles. The Morgan fingerprint density at radius 3 is 2.83 bits per heavy atom. The van der Waals surface area contributed by atoms with Gasteiger partial charge in [-0.3, -0.25) is 9.98 Å². The lowest BCUT2D eigenvalue weighted by molar-refractivity contribution is 0.113. The summed E-state index contributed by atoms with van der Waals surface area (Å²) >= 11 is 0. The van der Waals surface area contributed by atoms with E-state index in [1.807, 2.05) is 12.1 Å². The topological polar surface area (TPSA) is 124 Å². The minimum atomic E-state index is -0.296. The summed E-state index contributed by atoms with van der Waals surface area (Å²) in [5, 5.41) is 5.84. The summed E-state index contributed by atoms with van der Waals surface area (Å²) in [6.45, 7) is 1.23. The molecule has 35 heavy (non-hydrogen) atoms. The third kappa shape index (κ3) is 4.81. The summed E-state index contributed by atoms with van der Waals surface area (Å²) in [7, 11) is 1.40. The molecule has 0 radical (unpaired) electrons. The van der Waals surface area contributed by atoms with E-state index in [1.54, 1.807) is 34.2 Å². The van der Waals surface area contributed by atoms with E-state index in [1.165, 1.54) is 13.3 Å². The number of piperidine rings is 1. The van der Waals surface area contributed by atoms with Crippen LogP contribution >= 0.6 is 0 Å². The fraction of sp³-hybridized carbons (Fsp3) is 0.280. The minimum absolute atomic E-state index is 0.105. The molecular weight excluding hydrogens is 444 g/mol. The maximum atomic E-state index is 11.7. The lowest BCUT2D eigenvalue weighted by Gasteiger charge is -2.28. The highest BCUT2D eigenvalue weighted by molar-refractivity contribution is 6.08. The molecule has 0 saturated carbocycles. The number of carbonyl (C=O) groups excluding carboxylic acids is 1. The summed E-state index contributed by atoms with van der Waals surface area (Å²) in [6.07, 6.45) is 10.3. The Balaban J connectivity index is 1.33. The summed E-state index contributed by atoms with van der Waals surface area (Å²) < 4.78 is 6.54. The number of rotatable bonds is 5. The van der Waals surface area contributed by atoms with E-state index in [-0.39, 0.29) is 12.1 Å². The number of likely N-dealkylation sites (tertiary alicyclic amines) is 1. The number of benzene rings is 1. The SMILES string of the molecule is COC(=O)N1CCC(N=CC(=CN)c2cnc3ncc(Cc4ccc5ncccc5c4)n3n2)CC1. The first-order valence-electron chi connectivity index (χ1n) is 11.5. The molecule has 5 rings (SSSR count). The fourth-order valence-electron chi connectivity index (χ4n) is 4.22. The van der Waals surface area contributed by atoms with Crippen molar-refractivity contribution in [3.63, 3.8) is 0 Å². The van der Waals surface area contributed by atoms with Gasteiger partial charge in [-0.15, -0.1) is 0 Å². The third-order valence-electron chi connectivity index (χ3n) is 6.15.